The van der Waals surface area contributed by atoms with Crippen molar-refractivity contribution in [2.24, 2.45) is 0 Å². The van der Waals surface area contributed by atoms with Gasteiger partial charge in [-0.25, -0.2) is 4.79 Å². The molecule has 1 aromatic rings. The molecule has 122 valence electrons. The van der Waals surface area contributed by atoms with Gasteiger partial charge in [-0.05, 0) is 29.5 Å². The van der Waals surface area contributed by atoms with Gasteiger partial charge in [-0.1, -0.05) is 0 Å². The Balaban J connectivity index is 2.71. The molecule has 0 atom stereocenters. The topological polar surface area (TPSA) is 67.8 Å². The highest BCUT2D eigenvalue weighted by Gasteiger charge is 2.08. The highest BCUT2D eigenvalue weighted by molar-refractivity contribution is 5.87. The molecule has 0 aliphatic carbocycles. The van der Waals surface area contributed by atoms with Crippen molar-refractivity contribution in [3.05, 3.63) is 23.8 Å². The van der Waals surface area contributed by atoms with Gasteiger partial charge in [-0.15, -0.1) is 0 Å². The predicted molar refractivity (Wildman–Crippen MR) is 81.9 cm³/mol. The van der Waals surface area contributed by atoms with E-state index in [2.05, 4.69) is 0 Å². The first-order valence-corrected chi connectivity index (χ1v) is 6.85. The lowest BCUT2D eigenvalue weighted by atomic mass is 10.1. The van der Waals surface area contributed by atoms with Gasteiger partial charge in [0.25, 0.3) is 0 Å². The Bertz CT molecular complexity index is 521. The Morgan fingerprint density at radius 3 is 2.18 bits per heavy atom. The van der Waals surface area contributed by atoms with E-state index in [1.165, 1.54) is 20.3 Å². The molecule has 0 aliphatic rings. The van der Waals surface area contributed by atoms with Gasteiger partial charge >= 0.3 is 5.97 Å². The summed E-state index contributed by atoms with van der Waals surface area (Å²) in [7, 11) is 8.87. The number of hydrogen-bond acceptors (Lipinski definition) is 5. The van der Waals surface area contributed by atoms with E-state index in [1.54, 1.807) is 18.2 Å². The molecular formula is C16H23NO5. The first kappa shape index (κ1) is 17.8. The summed E-state index contributed by atoms with van der Waals surface area (Å²) in [5, 5.41) is 11.8. The van der Waals surface area contributed by atoms with E-state index in [-0.39, 0.29) is 17.2 Å². The van der Waals surface area contributed by atoms with Crippen LogP contribution >= 0.6 is 0 Å². The SMILES string of the molecule is COc1cc(/C=C/C(=O)OCC[N+](C)(C)C)cc(OC)c1[O-]. The zero-order valence-corrected chi connectivity index (χ0v) is 13.7. The zero-order chi connectivity index (χ0) is 16.8. The van der Waals surface area contributed by atoms with Crippen molar-refractivity contribution in [1.29, 1.82) is 0 Å². The quantitative estimate of drug-likeness (QED) is 0.428. The fraction of sp³-hybridized carbons (Fsp3) is 0.438. The van der Waals surface area contributed by atoms with Crippen LogP contribution in [0.1, 0.15) is 5.56 Å². The number of likely N-dealkylation sites (N-methyl/N-ethyl adjacent to an activating group) is 1. The summed E-state index contributed by atoms with van der Waals surface area (Å²) >= 11 is 0. The Morgan fingerprint density at radius 2 is 1.73 bits per heavy atom. The number of nitrogens with zero attached hydrogens (tertiary/aromatic N) is 1. The second-order valence-electron chi connectivity index (χ2n) is 5.77. The lowest BCUT2D eigenvalue weighted by molar-refractivity contribution is -0.870. The van der Waals surface area contributed by atoms with Crippen molar-refractivity contribution in [2.45, 2.75) is 0 Å². The summed E-state index contributed by atoms with van der Waals surface area (Å²) in [4.78, 5) is 11.6. The molecule has 22 heavy (non-hydrogen) atoms. The molecule has 0 amide bonds. The van der Waals surface area contributed by atoms with Crippen LogP contribution in [-0.2, 0) is 9.53 Å². The molecule has 0 spiro atoms. The van der Waals surface area contributed by atoms with Gasteiger partial charge in [-0.3, -0.25) is 0 Å². The molecule has 0 unspecified atom stereocenters. The largest absolute Gasteiger partial charge is 0.867 e. The molecule has 1 aromatic carbocycles. The molecule has 0 aromatic heterocycles. The Hall–Kier alpha value is -2.21. The van der Waals surface area contributed by atoms with E-state index in [0.29, 0.717) is 12.2 Å². The second kappa shape index (κ2) is 7.70. The maximum Gasteiger partial charge on any atom is 0.330 e. The van der Waals surface area contributed by atoms with Gasteiger partial charge in [-0.2, -0.15) is 0 Å². The molecule has 0 aliphatic heterocycles. The molecule has 0 heterocycles. The van der Waals surface area contributed by atoms with E-state index in [4.69, 9.17) is 14.2 Å². The van der Waals surface area contributed by atoms with Crippen LogP contribution in [0, 0.1) is 0 Å². The van der Waals surface area contributed by atoms with Crippen LogP contribution in [0.15, 0.2) is 18.2 Å². The van der Waals surface area contributed by atoms with Gasteiger partial charge in [0.2, 0.25) is 0 Å². The molecule has 0 N–H and O–H groups in total. The Morgan fingerprint density at radius 1 is 1.18 bits per heavy atom. The van der Waals surface area contributed by atoms with Crippen LogP contribution in [0.4, 0.5) is 0 Å². The molecule has 6 nitrogen and oxygen atoms in total. The zero-order valence-electron chi connectivity index (χ0n) is 13.7. The second-order valence-corrected chi connectivity index (χ2v) is 5.77. The predicted octanol–water partition coefficient (Wildman–Crippen LogP) is 1.04. The molecule has 0 radical (unpaired) electrons. The van der Waals surface area contributed by atoms with E-state index < -0.39 is 5.97 Å². The van der Waals surface area contributed by atoms with E-state index in [0.717, 1.165) is 11.0 Å². The fourth-order valence-electron chi connectivity index (χ4n) is 1.63. The standard InChI is InChI=1S/C16H23NO5/c1-17(2,3)8-9-22-15(18)7-6-12-10-13(20-4)16(19)14(11-12)21-5/h6-7,10-11H,8-9H2,1-5H3. The van der Waals surface area contributed by atoms with Crippen LogP contribution in [0.2, 0.25) is 0 Å². The third kappa shape index (κ3) is 5.65. The van der Waals surface area contributed by atoms with Crippen molar-refractivity contribution in [3.8, 4) is 17.2 Å². The number of rotatable bonds is 7. The fourth-order valence-corrected chi connectivity index (χ4v) is 1.63. The van der Waals surface area contributed by atoms with Gasteiger partial charge < -0.3 is 23.8 Å². The van der Waals surface area contributed by atoms with Crippen LogP contribution < -0.4 is 14.6 Å². The number of carbonyl (C=O) groups excluding carboxylic acids is 1. The minimum Gasteiger partial charge on any atom is -0.867 e. The highest BCUT2D eigenvalue weighted by Crippen LogP contribution is 2.34. The minimum atomic E-state index is -0.433. The summed E-state index contributed by atoms with van der Waals surface area (Å²) in [5.74, 6) is -0.431. The Kier molecular flexibility index (Phi) is 6.24. The molecule has 1 rings (SSSR count). The summed E-state index contributed by atoms with van der Waals surface area (Å²) < 4.78 is 15.8. The molecule has 0 saturated heterocycles. The number of benzene rings is 1. The number of methoxy groups -OCH3 is 2. The van der Waals surface area contributed by atoms with E-state index in [1.807, 2.05) is 21.1 Å². The average molecular weight is 309 g/mol. The van der Waals surface area contributed by atoms with Crippen molar-refractivity contribution in [3.63, 3.8) is 0 Å². The van der Waals surface area contributed by atoms with Crippen molar-refractivity contribution in [2.75, 3.05) is 48.5 Å². The summed E-state index contributed by atoms with van der Waals surface area (Å²) in [6.45, 7) is 1.07. The minimum absolute atomic E-state index is 0.164. The average Bonchev–Trinajstić information content (AvgIpc) is 2.44. The van der Waals surface area contributed by atoms with Gasteiger partial charge in [0.1, 0.15) is 24.7 Å². The van der Waals surface area contributed by atoms with Gasteiger partial charge in [0.05, 0.1) is 35.4 Å². The summed E-state index contributed by atoms with van der Waals surface area (Å²) in [6.07, 6.45) is 2.87. The first-order chi connectivity index (χ1) is 10.3. The van der Waals surface area contributed by atoms with Crippen LogP contribution in [0.25, 0.3) is 6.08 Å². The third-order valence-electron chi connectivity index (χ3n) is 2.90. The maximum absolute atomic E-state index is 11.8. The molecule has 0 bridgehead atoms. The Labute approximate surface area is 131 Å². The molecule has 0 fully saturated rings. The smallest absolute Gasteiger partial charge is 0.330 e. The highest BCUT2D eigenvalue weighted by atomic mass is 16.5. The lowest BCUT2D eigenvalue weighted by Gasteiger charge is -2.23. The maximum atomic E-state index is 11.8. The normalized spacial score (nSPS) is 11.5. The van der Waals surface area contributed by atoms with Crippen molar-refractivity contribution < 1.29 is 28.6 Å². The number of quaternary nitrogens is 1. The van der Waals surface area contributed by atoms with Crippen molar-refractivity contribution in [1.82, 2.24) is 0 Å². The van der Waals surface area contributed by atoms with Gasteiger partial charge in [0, 0.05) is 6.08 Å². The number of hydrogen-bond donors (Lipinski definition) is 0. The summed E-state index contributed by atoms with van der Waals surface area (Å²) in [6, 6.07) is 3.08. The van der Waals surface area contributed by atoms with E-state index >= 15 is 0 Å². The molecule has 6 heteroatoms. The van der Waals surface area contributed by atoms with Crippen molar-refractivity contribution >= 4 is 12.0 Å². The van der Waals surface area contributed by atoms with Crippen LogP contribution in [-0.4, -0.2) is 59.0 Å². The van der Waals surface area contributed by atoms with Gasteiger partial charge in [0.15, 0.2) is 0 Å². The van der Waals surface area contributed by atoms with Crippen LogP contribution in [0.5, 0.6) is 17.2 Å². The number of carbonyl (C=O) groups is 1. The molecular weight excluding hydrogens is 286 g/mol. The third-order valence-corrected chi connectivity index (χ3v) is 2.90. The molecule has 0 saturated carbocycles. The lowest BCUT2D eigenvalue weighted by Crippen LogP contribution is -2.37. The van der Waals surface area contributed by atoms with Crippen LogP contribution in [0.3, 0.4) is 0 Å². The first-order valence-electron chi connectivity index (χ1n) is 6.85. The summed E-state index contributed by atoms with van der Waals surface area (Å²) in [5.41, 5.74) is 0.622. The van der Waals surface area contributed by atoms with E-state index in [9.17, 15) is 9.90 Å². The number of esters is 1. The monoisotopic (exact) mass is 309 g/mol. The number of ether oxygens (including phenoxy) is 3.